The van der Waals surface area contributed by atoms with Gasteiger partial charge in [-0.25, -0.2) is 8.42 Å². The number of rotatable bonds is 3. The van der Waals surface area contributed by atoms with Crippen molar-refractivity contribution >= 4 is 32.2 Å². The average molecular weight is 312 g/mol. The van der Waals surface area contributed by atoms with Crippen LogP contribution in [0.1, 0.15) is 5.56 Å². The largest absolute Gasteiger partial charge is 0.398 e. The Morgan fingerprint density at radius 3 is 2.32 bits per heavy atom. The van der Waals surface area contributed by atoms with E-state index in [1.165, 1.54) is 0 Å². The number of nitrogens with two attached hydrogens (primary N) is 1. The number of nitrogen functional groups attached to an aromatic ring is 1. The minimum Gasteiger partial charge on any atom is -0.398 e. The zero-order valence-electron chi connectivity index (χ0n) is 12.1. The van der Waals surface area contributed by atoms with Crippen molar-refractivity contribution in [3.05, 3.63) is 66.2 Å². The monoisotopic (exact) mass is 312 g/mol. The summed E-state index contributed by atoms with van der Waals surface area (Å²) in [6, 6.07) is 17.6. The molecule has 0 aliphatic carbocycles. The lowest BCUT2D eigenvalue weighted by atomic mass is 10.1. The Balaban J connectivity index is 2.14. The minimum absolute atomic E-state index is 0.223. The maximum Gasteiger partial charge on any atom is 0.262 e. The smallest absolute Gasteiger partial charge is 0.262 e. The van der Waals surface area contributed by atoms with E-state index in [2.05, 4.69) is 4.72 Å². The SMILES string of the molecule is Cc1ccccc1NS(=O)(=O)c1cccc2c(N)cccc12. The Kier molecular flexibility index (Phi) is 3.50. The Hall–Kier alpha value is -2.53. The predicted molar refractivity (Wildman–Crippen MR) is 90.3 cm³/mol. The lowest BCUT2D eigenvalue weighted by Gasteiger charge is -2.13. The molecule has 0 spiro atoms. The lowest BCUT2D eigenvalue weighted by molar-refractivity contribution is 0.602. The van der Waals surface area contributed by atoms with Gasteiger partial charge < -0.3 is 5.73 Å². The summed E-state index contributed by atoms with van der Waals surface area (Å²) in [6.07, 6.45) is 0. The normalized spacial score (nSPS) is 11.5. The van der Waals surface area contributed by atoms with E-state index < -0.39 is 10.0 Å². The van der Waals surface area contributed by atoms with Gasteiger partial charge >= 0.3 is 0 Å². The number of fused-ring (bicyclic) bond motifs is 1. The third-order valence-corrected chi connectivity index (χ3v) is 5.02. The molecule has 0 heterocycles. The van der Waals surface area contributed by atoms with Crippen LogP contribution in [0.25, 0.3) is 10.8 Å². The third-order valence-electron chi connectivity index (χ3n) is 3.59. The molecule has 3 rings (SSSR count). The Morgan fingerprint density at radius 2 is 1.55 bits per heavy atom. The first-order chi connectivity index (χ1) is 10.5. The fourth-order valence-corrected chi connectivity index (χ4v) is 3.78. The lowest BCUT2D eigenvalue weighted by Crippen LogP contribution is -2.14. The van der Waals surface area contributed by atoms with Gasteiger partial charge in [0.1, 0.15) is 0 Å². The molecule has 0 aliphatic heterocycles. The second kappa shape index (κ2) is 5.35. The first-order valence-electron chi connectivity index (χ1n) is 6.85. The standard InChI is InChI=1S/C17H16N2O2S/c1-12-6-2-3-10-16(12)19-22(20,21)17-11-5-7-13-14(17)8-4-9-15(13)18/h2-11,19H,18H2,1H3. The molecule has 0 aliphatic rings. The fraction of sp³-hybridized carbons (Fsp3) is 0.0588. The average Bonchev–Trinajstić information content (AvgIpc) is 2.49. The summed E-state index contributed by atoms with van der Waals surface area (Å²) in [5.41, 5.74) is 7.93. The van der Waals surface area contributed by atoms with Crippen molar-refractivity contribution in [1.82, 2.24) is 0 Å². The van der Waals surface area contributed by atoms with Crippen molar-refractivity contribution in [2.45, 2.75) is 11.8 Å². The second-order valence-electron chi connectivity index (χ2n) is 5.12. The van der Waals surface area contributed by atoms with Gasteiger partial charge in [0, 0.05) is 16.5 Å². The number of para-hydroxylation sites is 1. The van der Waals surface area contributed by atoms with Gasteiger partial charge in [-0.1, -0.05) is 42.5 Å². The second-order valence-corrected chi connectivity index (χ2v) is 6.77. The summed E-state index contributed by atoms with van der Waals surface area (Å²) in [6.45, 7) is 1.86. The van der Waals surface area contributed by atoms with Crippen molar-refractivity contribution in [3.63, 3.8) is 0 Å². The van der Waals surface area contributed by atoms with Crippen LogP contribution in [0, 0.1) is 6.92 Å². The van der Waals surface area contributed by atoms with Crippen LogP contribution in [-0.4, -0.2) is 8.42 Å². The molecule has 0 saturated heterocycles. The van der Waals surface area contributed by atoms with Gasteiger partial charge in [0.15, 0.2) is 0 Å². The van der Waals surface area contributed by atoms with E-state index in [0.717, 1.165) is 10.9 Å². The van der Waals surface area contributed by atoms with Gasteiger partial charge in [-0.3, -0.25) is 4.72 Å². The molecule has 0 aromatic heterocycles. The number of aryl methyl sites for hydroxylation is 1. The van der Waals surface area contributed by atoms with Gasteiger partial charge in [0.2, 0.25) is 0 Å². The number of sulfonamides is 1. The van der Waals surface area contributed by atoms with E-state index >= 15 is 0 Å². The summed E-state index contributed by atoms with van der Waals surface area (Å²) in [4.78, 5) is 0.223. The van der Waals surface area contributed by atoms with Gasteiger partial charge in [0.25, 0.3) is 10.0 Å². The number of hydrogen-bond donors (Lipinski definition) is 2. The molecule has 0 atom stereocenters. The van der Waals surface area contributed by atoms with Crippen LogP contribution in [-0.2, 0) is 10.0 Å². The van der Waals surface area contributed by atoms with E-state index in [1.54, 1.807) is 42.5 Å². The van der Waals surface area contributed by atoms with Crippen molar-refractivity contribution in [3.8, 4) is 0 Å². The highest BCUT2D eigenvalue weighted by Crippen LogP contribution is 2.28. The molecule has 0 fully saturated rings. The molecule has 3 aromatic rings. The van der Waals surface area contributed by atoms with Crippen molar-refractivity contribution in [2.24, 2.45) is 0 Å². The molecule has 22 heavy (non-hydrogen) atoms. The van der Waals surface area contributed by atoms with Crippen LogP contribution < -0.4 is 10.5 Å². The molecular formula is C17H16N2O2S. The van der Waals surface area contributed by atoms with Crippen LogP contribution in [0.4, 0.5) is 11.4 Å². The maximum absolute atomic E-state index is 12.7. The zero-order valence-corrected chi connectivity index (χ0v) is 12.9. The van der Waals surface area contributed by atoms with Gasteiger partial charge in [0.05, 0.1) is 10.6 Å². The van der Waals surface area contributed by atoms with Gasteiger partial charge in [-0.15, -0.1) is 0 Å². The van der Waals surface area contributed by atoms with Crippen LogP contribution >= 0.6 is 0 Å². The molecule has 3 aromatic carbocycles. The van der Waals surface area contributed by atoms with Gasteiger partial charge in [-0.05, 0) is 30.7 Å². The number of anilines is 2. The summed E-state index contributed by atoms with van der Waals surface area (Å²) in [5.74, 6) is 0. The number of hydrogen-bond acceptors (Lipinski definition) is 3. The summed E-state index contributed by atoms with van der Waals surface area (Å²) < 4.78 is 28.1. The quantitative estimate of drug-likeness (QED) is 0.727. The Morgan fingerprint density at radius 1 is 0.864 bits per heavy atom. The van der Waals surface area contributed by atoms with E-state index in [4.69, 9.17) is 5.73 Å². The van der Waals surface area contributed by atoms with Crippen molar-refractivity contribution in [1.29, 1.82) is 0 Å². The van der Waals surface area contributed by atoms with Crippen LogP contribution in [0.5, 0.6) is 0 Å². The van der Waals surface area contributed by atoms with Crippen LogP contribution in [0.2, 0.25) is 0 Å². The van der Waals surface area contributed by atoms with Gasteiger partial charge in [-0.2, -0.15) is 0 Å². The van der Waals surface area contributed by atoms with E-state index in [0.29, 0.717) is 16.8 Å². The van der Waals surface area contributed by atoms with E-state index in [9.17, 15) is 8.42 Å². The Labute approximate surface area is 129 Å². The molecule has 5 heteroatoms. The zero-order chi connectivity index (χ0) is 15.7. The Bertz CT molecular complexity index is 950. The highest BCUT2D eigenvalue weighted by molar-refractivity contribution is 7.93. The fourth-order valence-electron chi connectivity index (χ4n) is 2.43. The molecule has 0 saturated carbocycles. The predicted octanol–water partition coefficient (Wildman–Crippen LogP) is 3.53. The highest BCUT2D eigenvalue weighted by atomic mass is 32.2. The summed E-state index contributed by atoms with van der Waals surface area (Å²) >= 11 is 0. The highest BCUT2D eigenvalue weighted by Gasteiger charge is 2.18. The van der Waals surface area contributed by atoms with Crippen LogP contribution in [0.15, 0.2) is 65.6 Å². The molecule has 0 bridgehead atoms. The summed E-state index contributed by atoms with van der Waals surface area (Å²) in [5, 5.41) is 1.35. The van der Waals surface area contributed by atoms with Crippen molar-refractivity contribution < 1.29 is 8.42 Å². The molecule has 0 unspecified atom stereocenters. The summed E-state index contributed by atoms with van der Waals surface area (Å²) in [7, 11) is -3.68. The topological polar surface area (TPSA) is 72.2 Å². The van der Waals surface area contributed by atoms with E-state index in [-0.39, 0.29) is 4.90 Å². The molecular weight excluding hydrogens is 296 g/mol. The number of nitrogens with one attached hydrogen (secondary N) is 1. The maximum atomic E-state index is 12.7. The first-order valence-corrected chi connectivity index (χ1v) is 8.33. The minimum atomic E-state index is -3.68. The molecule has 112 valence electrons. The van der Waals surface area contributed by atoms with Crippen LogP contribution in [0.3, 0.4) is 0 Å². The third kappa shape index (κ3) is 2.51. The van der Waals surface area contributed by atoms with E-state index in [1.807, 2.05) is 25.1 Å². The molecule has 0 radical (unpaired) electrons. The number of benzene rings is 3. The van der Waals surface area contributed by atoms with Crippen molar-refractivity contribution in [2.75, 3.05) is 10.5 Å². The first kappa shape index (κ1) is 14.4. The molecule has 3 N–H and O–H groups in total. The molecule has 4 nitrogen and oxygen atoms in total. The molecule has 0 amide bonds.